The van der Waals surface area contributed by atoms with E-state index in [0.717, 1.165) is 5.56 Å². The molecule has 0 saturated heterocycles. The Balaban J connectivity index is 2.32. The quantitative estimate of drug-likeness (QED) is 0.932. The van der Waals surface area contributed by atoms with Crippen LogP contribution in [0.5, 0.6) is 0 Å². The fraction of sp³-hybridized carbons (Fsp3) is 0.353. The summed E-state index contributed by atoms with van der Waals surface area (Å²) in [6.07, 6.45) is 0.483. The summed E-state index contributed by atoms with van der Waals surface area (Å²) in [5.74, 6) is -0.261. The third-order valence-corrected chi connectivity index (χ3v) is 4.12. The number of amides is 1. The molecule has 0 aliphatic rings. The van der Waals surface area contributed by atoms with Crippen molar-refractivity contribution in [1.82, 2.24) is 9.55 Å². The number of aromatic nitrogens is 2. The third kappa shape index (κ3) is 3.79. The lowest BCUT2D eigenvalue weighted by Crippen LogP contribution is -2.36. The topological polar surface area (TPSA) is 64.0 Å². The summed E-state index contributed by atoms with van der Waals surface area (Å²) in [6.45, 7) is 7.31. The van der Waals surface area contributed by atoms with Crippen LogP contribution in [-0.2, 0) is 4.79 Å². The van der Waals surface area contributed by atoms with E-state index in [1.165, 1.54) is 4.57 Å². The van der Waals surface area contributed by atoms with Crippen LogP contribution in [0.15, 0.2) is 29.1 Å². The van der Waals surface area contributed by atoms with Crippen molar-refractivity contribution in [2.45, 2.75) is 40.2 Å². The minimum atomic E-state index is -0.615. The van der Waals surface area contributed by atoms with Gasteiger partial charge in [0.2, 0.25) is 5.91 Å². The van der Waals surface area contributed by atoms with Crippen molar-refractivity contribution in [1.29, 1.82) is 0 Å². The van der Waals surface area contributed by atoms with Crippen molar-refractivity contribution in [3.63, 3.8) is 0 Å². The molecule has 0 bridgehead atoms. The van der Waals surface area contributed by atoms with E-state index in [-0.39, 0.29) is 5.91 Å². The van der Waals surface area contributed by atoms with Crippen molar-refractivity contribution in [3.8, 4) is 0 Å². The van der Waals surface area contributed by atoms with Gasteiger partial charge < -0.3 is 5.32 Å². The van der Waals surface area contributed by atoms with Crippen LogP contribution in [0.2, 0.25) is 5.02 Å². The van der Waals surface area contributed by atoms with Crippen LogP contribution in [0.25, 0.3) is 0 Å². The molecule has 0 unspecified atom stereocenters. The van der Waals surface area contributed by atoms with Crippen molar-refractivity contribution in [2.24, 2.45) is 0 Å². The van der Waals surface area contributed by atoms with Gasteiger partial charge in [-0.3, -0.25) is 9.36 Å². The first-order valence-electron chi connectivity index (χ1n) is 7.47. The van der Waals surface area contributed by atoms with E-state index in [9.17, 15) is 9.59 Å². The zero-order valence-corrected chi connectivity index (χ0v) is 14.4. The van der Waals surface area contributed by atoms with Gasteiger partial charge in [-0.25, -0.2) is 4.79 Å². The van der Waals surface area contributed by atoms with Gasteiger partial charge in [-0.2, -0.15) is 4.98 Å². The van der Waals surface area contributed by atoms with Gasteiger partial charge in [0, 0.05) is 22.1 Å². The number of hydrogen-bond acceptors (Lipinski definition) is 3. The second-order valence-electron chi connectivity index (χ2n) is 5.57. The average Bonchev–Trinajstić information content (AvgIpc) is 2.46. The summed E-state index contributed by atoms with van der Waals surface area (Å²) in [5.41, 5.74) is 2.49. The zero-order valence-electron chi connectivity index (χ0n) is 13.7. The molecule has 0 saturated carbocycles. The molecule has 2 aromatic rings. The lowest BCUT2D eigenvalue weighted by atomic mass is 10.1. The Kier molecular flexibility index (Phi) is 5.21. The predicted molar refractivity (Wildman–Crippen MR) is 92.1 cm³/mol. The second-order valence-corrected chi connectivity index (χ2v) is 5.98. The second kappa shape index (κ2) is 6.96. The van der Waals surface area contributed by atoms with Crippen LogP contribution < -0.4 is 11.0 Å². The molecule has 2 rings (SSSR count). The number of anilines is 1. The number of benzene rings is 1. The minimum absolute atomic E-state index is 0.261. The molecule has 0 spiro atoms. The van der Waals surface area contributed by atoms with E-state index in [2.05, 4.69) is 10.3 Å². The normalized spacial score (nSPS) is 12.0. The molecule has 0 fully saturated rings. The average molecular weight is 334 g/mol. The van der Waals surface area contributed by atoms with Crippen LogP contribution >= 0.6 is 11.6 Å². The highest BCUT2D eigenvalue weighted by molar-refractivity contribution is 6.31. The Bertz CT molecular complexity index is 799. The van der Waals surface area contributed by atoms with Gasteiger partial charge in [0.25, 0.3) is 0 Å². The molecular weight excluding hydrogens is 314 g/mol. The van der Waals surface area contributed by atoms with E-state index in [1.807, 2.05) is 19.9 Å². The number of carbonyl (C=O) groups is 1. The number of hydrogen-bond donors (Lipinski definition) is 1. The fourth-order valence-corrected chi connectivity index (χ4v) is 2.70. The summed E-state index contributed by atoms with van der Waals surface area (Å²) in [5, 5.41) is 3.40. The lowest BCUT2D eigenvalue weighted by molar-refractivity contribution is -0.119. The molecule has 0 aliphatic carbocycles. The summed E-state index contributed by atoms with van der Waals surface area (Å²) in [4.78, 5) is 28.7. The van der Waals surface area contributed by atoms with Gasteiger partial charge in [0.15, 0.2) is 0 Å². The molecule has 1 aromatic carbocycles. The number of rotatable bonds is 4. The van der Waals surface area contributed by atoms with Gasteiger partial charge in [0.1, 0.15) is 6.04 Å². The number of halogens is 1. The molecule has 1 amide bonds. The molecule has 1 atom stereocenters. The van der Waals surface area contributed by atoms with E-state index in [0.29, 0.717) is 28.5 Å². The van der Waals surface area contributed by atoms with Crippen LogP contribution in [-0.4, -0.2) is 15.5 Å². The predicted octanol–water partition coefficient (Wildman–Crippen LogP) is 3.41. The van der Waals surface area contributed by atoms with Gasteiger partial charge in [-0.05, 0) is 51.0 Å². The Morgan fingerprint density at radius 2 is 2.00 bits per heavy atom. The highest BCUT2D eigenvalue weighted by atomic mass is 35.5. The number of nitrogens with zero attached hydrogens (tertiary/aromatic N) is 2. The molecular formula is C17H20ClN3O2. The van der Waals surface area contributed by atoms with Gasteiger partial charge in [-0.15, -0.1) is 0 Å². The Morgan fingerprint density at radius 3 is 2.57 bits per heavy atom. The molecule has 23 heavy (non-hydrogen) atoms. The van der Waals surface area contributed by atoms with Crippen molar-refractivity contribution < 1.29 is 4.79 Å². The molecule has 1 N–H and O–H groups in total. The Labute approximate surface area is 140 Å². The summed E-state index contributed by atoms with van der Waals surface area (Å²) in [6, 6.07) is 6.50. The largest absolute Gasteiger partial charge is 0.348 e. The van der Waals surface area contributed by atoms with E-state index < -0.39 is 11.7 Å². The monoisotopic (exact) mass is 333 g/mol. The van der Waals surface area contributed by atoms with Gasteiger partial charge in [0.05, 0.1) is 0 Å². The van der Waals surface area contributed by atoms with E-state index in [4.69, 9.17) is 11.6 Å². The molecule has 1 heterocycles. The van der Waals surface area contributed by atoms with Gasteiger partial charge >= 0.3 is 5.69 Å². The van der Waals surface area contributed by atoms with Crippen molar-refractivity contribution in [2.75, 3.05) is 5.32 Å². The minimum Gasteiger partial charge on any atom is -0.324 e. The van der Waals surface area contributed by atoms with Crippen LogP contribution in [0.4, 0.5) is 5.69 Å². The standard InChI is InChI=1S/C17H20ClN3O2/c1-5-15(21-12(4)8-11(3)19-17(21)23)16(22)20-13-7-6-10(2)14(18)9-13/h6-9,15H,5H2,1-4H3,(H,20,22)/t15-/m1/s1. The van der Waals surface area contributed by atoms with Crippen LogP contribution in [0.3, 0.4) is 0 Å². The van der Waals surface area contributed by atoms with Crippen molar-refractivity contribution >= 4 is 23.2 Å². The van der Waals surface area contributed by atoms with Crippen molar-refractivity contribution in [3.05, 3.63) is 56.7 Å². The summed E-state index contributed by atoms with van der Waals surface area (Å²) < 4.78 is 1.43. The molecule has 6 heteroatoms. The summed E-state index contributed by atoms with van der Waals surface area (Å²) in [7, 11) is 0. The third-order valence-electron chi connectivity index (χ3n) is 3.72. The number of aryl methyl sites for hydroxylation is 3. The first kappa shape index (κ1) is 17.2. The lowest BCUT2D eigenvalue weighted by Gasteiger charge is -2.20. The smallest absolute Gasteiger partial charge is 0.324 e. The maximum absolute atomic E-state index is 12.6. The SMILES string of the molecule is CC[C@H](C(=O)Nc1ccc(C)c(Cl)c1)n1c(C)cc(C)nc1=O. The molecule has 0 radical (unpaired) electrons. The fourth-order valence-electron chi connectivity index (χ4n) is 2.52. The highest BCUT2D eigenvalue weighted by Gasteiger charge is 2.22. The molecule has 5 nitrogen and oxygen atoms in total. The molecule has 1 aromatic heterocycles. The summed E-state index contributed by atoms with van der Waals surface area (Å²) >= 11 is 6.08. The maximum atomic E-state index is 12.6. The van der Waals surface area contributed by atoms with Crippen LogP contribution in [0, 0.1) is 20.8 Å². The zero-order chi connectivity index (χ0) is 17.1. The molecule has 122 valence electrons. The highest BCUT2D eigenvalue weighted by Crippen LogP contribution is 2.21. The first-order valence-corrected chi connectivity index (χ1v) is 7.85. The first-order chi connectivity index (χ1) is 10.8. The van der Waals surface area contributed by atoms with Crippen LogP contribution in [0.1, 0.15) is 36.3 Å². The van der Waals surface area contributed by atoms with Gasteiger partial charge in [-0.1, -0.05) is 24.6 Å². The number of carbonyl (C=O) groups excluding carboxylic acids is 1. The Hall–Kier alpha value is -2.14. The maximum Gasteiger partial charge on any atom is 0.348 e. The Morgan fingerprint density at radius 1 is 1.30 bits per heavy atom. The number of nitrogens with one attached hydrogen (secondary N) is 1. The van der Waals surface area contributed by atoms with E-state index in [1.54, 1.807) is 32.0 Å². The van der Waals surface area contributed by atoms with E-state index >= 15 is 0 Å². The molecule has 0 aliphatic heterocycles.